The van der Waals surface area contributed by atoms with Gasteiger partial charge in [0.15, 0.2) is 0 Å². The van der Waals surface area contributed by atoms with Crippen LogP contribution in [-0.2, 0) is 23.9 Å². The zero-order valence-corrected chi connectivity index (χ0v) is 11.6. The van der Waals surface area contributed by atoms with Gasteiger partial charge in [0, 0.05) is 6.92 Å². The minimum absolute atomic E-state index is 0.486. The molecule has 0 aromatic rings. The van der Waals surface area contributed by atoms with Crippen molar-refractivity contribution in [2.45, 2.75) is 40.9 Å². The van der Waals surface area contributed by atoms with Crippen LogP contribution in [0.4, 0.5) is 0 Å². The lowest BCUT2D eigenvalue weighted by Gasteiger charge is -2.21. The van der Waals surface area contributed by atoms with Crippen molar-refractivity contribution in [1.82, 2.24) is 0 Å². The van der Waals surface area contributed by atoms with Crippen molar-refractivity contribution in [1.29, 1.82) is 0 Å². The van der Waals surface area contributed by atoms with Crippen molar-refractivity contribution in [2.24, 2.45) is 5.41 Å². The fraction of sp³-hybridized carbons (Fsp3) is 0.727. The number of carbonyl (C=O) groups excluding carboxylic acids is 3. The Kier molecular flexibility index (Phi) is 6.23. The lowest BCUT2D eigenvalue weighted by Crippen LogP contribution is -2.34. The summed E-state index contributed by atoms with van der Waals surface area (Å²) in [6.07, 6.45) is -1.45. The first-order chi connectivity index (χ1) is 7.68. The third-order valence-corrected chi connectivity index (χ3v) is 2.34. The molecule has 0 aliphatic carbocycles. The highest BCUT2D eigenvalue weighted by atomic mass is 32.2. The summed E-state index contributed by atoms with van der Waals surface area (Å²) in [5.74, 6) is -0.737. The van der Waals surface area contributed by atoms with Gasteiger partial charge < -0.3 is 9.47 Å². The Labute approximate surface area is 105 Å². The number of hydrogen-bond donors (Lipinski definition) is 0. The lowest BCUT2D eigenvalue weighted by atomic mass is 9.97. The predicted molar refractivity (Wildman–Crippen MR) is 64.2 cm³/mol. The van der Waals surface area contributed by atoms with Crippen LogP contribution in [0.2, 0.25) is 0 Å². The molecule has 0 aromatic heterocycles. The maximum atomic E-state index is 11.6. The monoisotopic (exact) mass is 262 g/mol. The zero-order valence-electron chi connectivity index (χ0n) is 10.7. The molecule has 0 saturated carbocycles. The molecular formula is C11H18O5S. The maximum absolute atomic E-state index is 11.6. The van der Waals surface area contributed by atoms with E-state index in [-0.39, 0.29) is 0 Å². The summed E-state index contributed by atoms with van der Waals surface area (Å²) in [5.41, 5.74) is -0.754. The van der Waals surface area contributed by atoms with E-state index in [4.69, 9.17) is 4.74 Å². The van der Waals surface area contributed by atoms with Crippen LogP contribution in [0.25, 0.3) is 0 Å². The molecule has 0 bridgehead atoms. The third-order valence-electron chi connectivity index (χ3n) is 1.58. The van der Waals surface area contributed by atoms with Gasteiger partial charge in [-0.25, -0.2) is 0 Å². The van der Waals surface area contributed by atoms with Gasteiger partial charge in [-0.05, 0) is 26.5 Å². The smallest absolute Gasteiger partial charge is 0.316 e. The summed E-state index contributed by atoms with van der Waals surface area (Å²) in [6, 6.07) is 0. The quantitative estimate of drug-likeness (QED) is 0.568. The number of carbonyl (C=O) groups is 3. The van der Waals surface area contributed by atoms with Crippen molar-refractivity contribution in [3.8, 4) is 0 Å². The van der Waals surface area contributed by atoms with E-state index in [1.807, 2.05) is 0 Å². The van der Waals surface area contributed by atoms with Crippen LogP contribution in [0.5, 0.6) is 0 Å². The molecule has 1 unspecified atom stereocenters. The highest BCUT2D eigenvalue weighted by molar-refractivity contribution is 8.13. The van der Waals surface area contributed by atoms with E-state index in [1.165, 1.54) is 0 Å². The first-order valence-electron chi connectivity index (χ1n) is 5.23. The molecule has 5 nitrogen and oxygen atoms in total. The molecule has 6 heteroatoms. The van der Waals surface area contributed by atoms with Gasteiger partial charge in [-0.3, -0.25) is 14.4 Å². The first kappa shape index (κ1) is 16.0. The van der Waals surface area contributed by atoms with E-state index >= 15 is 0 Å². The first-order valence-corrected chi connectivity index (χ1v) is 6.22. The Morgan fingerprint density at radius 2 is 1.71 bits per heavy atom. The van der Waals surface area contributed by atoms with Crippen LogP contribution in [0.3, 0.4) is 0 Å². The molecular weight excluding hydrogens is 244 g/mol. The Balaban J connectivity index is 4.65. The average Bonchev–Trinajstić information content (AvgIpc) is 2.14. The molecule has 0 spiro atoms. The van der Waals surface area contributed by atoms with E-state index in [0.717, 1.165) is 18.7 Å². The molecule has 0 rings (SSSR count). The second-order valence-corrected chi connectivity index (χ2v) is 5.62. The number of rotatable bonds is 4. The van der Waals surface area contributed by atoms with E-state index in [9.17, 15) is 14.4 Å². The highest BCUT2D eigenvalue weighted by Crippen LogP contribution is 2.19. The Bertz CT molecular complexity index is 305. The molecule has 0 aliphatic rings. The number of thioether (sulfide) groups is 1. The summed E-state index contributed by atoms with van der Waals surface area (Å²) in [6.45, 7) is 7.88. The van der Waals surface area contributed by atoms with Gasteiger partial charge >= 0.3 is 18.2 Å². The zero-order chi connectivity index (χ0) is 13.6. The molecule has 0 heterocycles. The van der Waals surface area contributed by atoms with Gasteiger partial charge in [0.25, 0.3) is 5.12 Å². The molecule has 0 N–H and O–H groups in total. The van der Waals surface area contributed by atoms with Crippen molar-refractivity contribution in [3.05, 3.63) is 0 Å². The van der Waals surface area contributed by atoms with E-state index in [0.29, 0.717) is 5.75 Å². The van der Waals surface area contributed by atoms with Crippen LogP contribution in [-0.4, -0.2) is 29.1 Å². The van der Waals surface area contributed by atoms with Crippen LogP contribution >= 0.6 is 11.8 Å². The van der Waals surface area contributed by atoms with Gasteiger partial charge in [0.2, 0.25) is 0 Å². The summed E-state index contributed by atoms with van der Waals surface area (Å²) in [5, 5.41) is -0.486. The third kappa shape index (κ3) is 6.31. The molecule has 1 atom stereocenters. The number of ether oxygens (including phenoxy) is 2. The minimum atomic E-state index is -1.45. The van der Waals surface area contributed by atoms with E-state index in [2.05, 4.69) is 4.74 Å². The van der Waals surface area contributed by atoms with E-state index < -0.39 is 28.8 Å². The summed E-state index contributed by atoms with van der Waals surface area (Å²) in [7, 11) is 0. The van der Waals surface area contributed by atoms with E-state index in [1.54, 1.807) is 27.7 Å². The lowest BCUT2D eigenvalue weighted by molar-refractivity contribution is -0.192. The normalized spacial score (nSPS) is 12.8. The van der Waals surface area contributed by atoms with Crippen LogP contribution in [0.1, 0.15) is 34.6 Å². The summed E-state index contributed by atoms with van der Waals surface area (Å²) < 4.78 is 9.57. The Morgan fingerprint density at radius 3 is 2.06 bits per heavy atom. The van der Waals surface area contributed by atoms with Gasteiger partial charge in [-0.15, -0.1) is 0 Å². The van der Waals surface area contributed by atoms with Crippen LogP contribution < -0.4 is 0 Å². The molecule has 0 amide bonds. The van der Waals surface area contributed by atoms with Crippen molar-refractivity contribution in [3.63, 3.8) is 0 Å². The van der Waals surface area contributed by atoms with Crippen LogP contribution in [0, 0.1) is 5.41 Å². The molecule has 0 aliphatic heterocycles. The maximum Gasteiger partial charge on any atom is 0.316 e. The molecule has 17 heavy (non-hydrogen) atoms. The second kappa shape index (κ2) is 6.64. The Hall–Kier alpha value is -1.04. The molecule has 0 fully saturated rings. The summed E-state index contributed by atoms with van der Waals surface area (Å²) in [4.78, 5) is 34.0. The average molecular weight is 262 g/mol. The Morgan fingerprint density at radius 1 is 1.18 bits per heavy atom. The van der Waals surface area contributed by atoms with Gasteiger partial charge in [0.05, 0.1) is 5.41 Å². The second-order valence-electron chi connectivity index (χ2n) is 4.35. The van der Waals surface area contributed by atoms with Gasteiger partial charge in [-0.1, -0.05) is 18.7 Å². The van der Waals surface area contributed by atoms with Gasteiger partial charge in [0.1, 0.15) is 0 Å². The SMILES string of the molecule is CCSC(=O)C(OC(C)=O)OC(=O)C(C)(C)C. The fourth-order valence-corrected chi connectivity index (χ4v) is 1.27. The van der Waals surface area contributed by atoms with Crippen molar-refractivity contribution >= 4 is 28.8 Å². The molecule has 98 valence electrons. The summed E-state index contributed by atoms with van der Waals surface area (Å²) >= 11 is 0.941. The topological polar surface area (TPSA) is 69.7 Å². The molecule has 0 saturated heterocycles. The molecule has 0 aromatic carbocycles. The highest BCUT2D eigenvalue weighted by Gasteiger charge is 2.31. The minimum Gasteiger partial charge on any atom is -0.417 e. The van der Waals surface area contributed by atoms with Crippen LogP contribution in [0.15, 0.2) is 0 Å². The van der Waals surface area contributed by atoms with Crippen molar-refractivity contribution < 1.29 is 23.9 Å². The predicted octanol–water partition coefficient (Wildman–Crippen LogP) is 1.74. The standard InChI is InChI=1S/C11H18O5S/c1-6-17-8(13)9(15-7(2)12)16-10(14)11(3,4)5/h9H,6H2,1-5H3. The van der Waals surface area contributed by atoms with Crippen molar-refractivity contribution in [2.75, 3.05) is 5.75 Å². The molecule has 0 radical (unpaired) electrons. The fourth-order valence-electron chi connectivity index (χ4n) is 0.755. The number of esters is 2. The van der Waals surface area contributed by atoms with Gasteiger partial charge in [-0.2, -0.15) is 0 Å². The largest absolute Gasteiger partial charge is 0.417 e. The number of hydrogen-bond acceptors (Lipinski definition) is 6.